The van der Waals surface area contributed by atoms with Crippen LogP contribution in [-0.4, -0.2) is 5.11 Å². The molecule has 54 valence electrons. The normalized spacial score (nSPS) is 9.90. The first-order valence-electron chi connectivity index (χ1n) is 2.99. The highest BCUT2D eigenvalue weighted by Crippen LogP contribution is 2.05. The summed E-state index contributed by atoms with van der Waals surface area (Å²) >= 11 is 5.67. The van der Waals surface area contributed by atoms with Gasteiger partial charge in [0.2, 0.25) is 5.69 Å². The summed E-state index contributed by atoms with van der Waals surface area (Å²) in [6, 6.07) is 3.52. The highest BCUT2D eigenvalue weighted by molar-refractivity contribution is 6.30. The molecule has 0 aliphatic carbocycles. The highest BCUT2D eigenvalue weighted by Gasteiger charge is 2.03. The molecule has 0 saturated heterocycles. The van der Waals surface area contributed by atoms with Crippen LogP contribution < -0.4 is 4.57 Å². The molecule has 3 heteroatoms. The van der Waals surface area contributed by atoms with Gasteiger partial charge in [0.15, 0.2) is 6.20 Å². The Morgan fingerprint density at radius 2 is 2.40 bits per heavy atom. The lowest BCUT2D eigenvalue weighted by Gasteiger charge is -1.94. The van der Waals surface area contributed by atoms with Gasteiger partial charge in [0.25, 0.3) is 0 Å². The predicted octanol–water partition coefficient (Wildman–Crippen LogP) is 0.657. The second-order valence-corrected chi connectivity index (χ2v) is 2.54. The Balaban J connectivity index is 3.09. The molecule has 0 amide bonds. The van der Waals surface area contributed by atoms with E-state index in [4.69, 9.17) is 16.7 Å². The zero-order chi connectivity index (χ0) is 7.56. The van der Waals surface area contributed by atoms with Crippen molar-refractivity contribution in [1.82, 2.24) is 0 Å². The third-order valence-electron chi connectivity index (χ3n) is 1.38. The first-order chi connectivity index (χ1) is 4.74. The van der Waals surface area contributed by atoms with E-state index in [1.165, 1.54) is 0 Å². The van der Waals surface area contributed by atoms with Gasteiger partial charge in [-0.15, -0.1) is 0 Å². The van der Waals surface area contributed by atoms with E-state index in [-0.39, 0.29) is 6.61 Å². The fourth-order valence-electron chi connectivity index (χ4n) is 0.745. The van der Waals surface area contributed by atoms with Crippen molar-refractivity contribution < 1.29 is 9.67 Å². The van der Waals surface area contributed by atoms with Gasteiger partial charge in [-0.1, -0.05) is 11.6 Å². The van der Waals surface area contributed by atoms with Crippen molar-refractivity contribution in [2.75, 3.05) is 0 Å². The van der Waals surface area contributed by atoms with Gasteiger partial charge in [-0.25, -0.2) is 4.57 Å². The summed E-state index contributed by atoms with van der Waals surface area (Å²) in [5.74, 6) is 0. The summed E-state index contributed by atoms with van der Waals surface area (Å²) in [6.45, 7) is 0.0249. The molecule has 2 nitrogen and oxygen atoms in total. The van der Waals surface area contributed by atoms with Crippen LogP contribution in [0.4, 0.5) is 0 Å². The molecule has 1 rings (SSSR count). The maximum Gasteiger partial charge on any atom is 0.208 e. The minimum absolute atomic E-state index is 0.0249. The molecule has 0 spiro atoms. The predicted molar refractivity (Wildman–Crippen MR) is 38.6 cm³/mol. The topological polar surface area (TPSA) is 24.1 Å². The van der Waals surface area contributed by atoms with E-state index >= 15 is 0 Å². The van der Waals surface area contributed by atoms with Gasteiger partial charge in [-0.05, 0) is 0 Å². The van der Waals surface area contributed by atoms with Crippen LogP contribution in [0.2, 0.25) is 5.02 Å². The van der Waals surface area contributed by atoms with E-state index in [1.54, 1.807) is 12.1 Å². The Labute approximate surface area is 64.7 Å². The largest absolute Gasteiger partial charge is 0.385 e. The number of rotatable bonds is 1. The van der Waals surface area contributed by atoms with Crippen molar-refractivity contribution >= 4 is 11.6 Å². The Bertz CT molecular complexity index is 237. The molecule has 0 aliphatic rings. The van der Waals surface area contributed by atoms with Crippen LogP contribution in [0.3, 0.4) is 0 Å². The van der Waals surface area contributed by atoms with Gasteiger partial charge in [-0.3, -0.25) is 0 Å². The average Bonchev–Trinajstić information content (AvgIpc) is 1.94. The van der Waals surface area contributed by atoms with Crippen molar-refractivity contribution in [3.8, 4) is 0 Å². The van der Waals surface area contributed by atoms with E-state index in [1.807, 2.05) is 17.8 Å². The van der Waals surface area contributed by atoms with Crippen LogP contribution in [0.5, 0.6) is 0 Å². The van der Waals surface area contributed by atoms with Gasteiger partial charge < -0.3 is 5.11 Å². The number of aliphatic hydroxyl groups is 1. The molecule has 1 N–H and O–H groups in total. The van der Waals surface area contributed by atoms with E-state index in [0.29, 0.717) is 5.02 Å². The molecule has 0 fully saturated rings. The summed E-state index contributed by atoms with van der Waals surface area (Å²) in [7, 11) is 1.86. The molecule has 0 radical (unpaired) electrons. The number of aromatic nitrogens is 1. The maximum atomic E-state index is 8.76. The van der Waals surface area contributed by atoms with Gasteiger partial charge >= 0.3 is 0 Å². The second-order valence-electron chi connectivity index (χ2n) is 2.11. The molecule has 0 atom stereocenters. The fraction of sp³-hybridized carbons (Fsp3) is 0.286. The van der Waals surface area contributed by atoms with E-state index in [9.17, 15) is 0 Å². The van der Waals surface area contributed by atoms with Crippen molar-refractivity contribution in [2.45, 2.75) is 6.61 Å². The standard InChI is InChI=1S/C7H9ClNO/c1-9-3-2-6(8)4-7(9)5-10/h2-4,10H,5H2,1H3/q+1. The zero-order valence-corrected chi connectivity index (χ0v) is 6.47. The molecule has 1 heterocycles. The van der Waals surface area contributed by atoms with E-state index in [0.717, 1.165) is 5.69 Å². The smallest absolute Gasteiger partial charge is 0.208 e. The molecule has 0 bridgehead atoms. The summed E-state index contributed by atoms with van der Waals surface area (Å²) in [4.78, 5) is 0. The SMILES string of the molecule is C[n+]1ccc(Cl)cc1CO. The number of hydrogen-bond donors (Lipinski definition) is 1. The van der Waals surface area contributed by atoms with Gasteiger partial charge in [0.05, 0.1) is 5.02 Å². The van der Waals surface area contributed by atoms with Crippen molar-refractivity contribution in [2.24, 2.45) is 7.05 Å². The molecular weight excluding hydrogens is 150 g/mol. The van der Waals surface area contributed by atoms with Crippen LogP contribution in [-0.2, 0) is 13.7 Å². The molecule has 10 heavy (non-hydrogen) atoms. The quantitative estimate of drug-likeness (QED) is 0.597. The first kappa shape index (κ1) is 7.51. The summed E-state index contributed by atoms with van der Waals surface area (Å²) in [5.41, 5.74) is 0.813. The minimum atomic E-state index is 0.0249. The number of aliphatic hydroxyl groups excluding tert-OH is 1. The monoisotopic (exact) mass is 158 g/mol. The highest BCUT2D eigenvalue weighted by atomic mass is 35.5. The van der Waals surface area contributed by atoms with Crippen molar-refractivity contribution in [3.05, 3.63) is 29.0 Å². The van der Waals surface area contributed by atoms with Crippen LogP contribution in [0.25, 0.3) is 0 Å². The van der Waals surface area contributed by atoms with E-state index < -0.39 is 0 Å². The Kier molecular flexibility index (Phi) is 2.25. The van der Waals surface area contributed by atoms with Crippen LogP contribution in [0, 0.1) is 0 Å². The van der Waals surface area contributed by atoms with Crippen LogP contribution in [0.15, 0.2) is 18.3 Å². The third kappa shape index (κ3) is 1.46. The number of pyridine rings is 1. The lowest BCUT2D eigenvalue weighted by molar-refractivity contribution is -0.681. The molecule has 0 aliphatic heterocycles. The molecule has 0 saturated carbocycles. The zero-order valence-electron chi connectivity index (χ0n) is 5.71. The number of aryl methyl sites for hydroxylation is 1. The molecular formula is C7H9ClNO+. The number of nitrogens with zero attached hydrogens (tertiary/aromatic N) is 1. The van der Waals surface area contributed by atoms with Gasteiger partial charge in [0.1, 0.15) is 13.7 Å². The maximum absolute atomic E-state index is 8.76. The Morgan fingerprint density at radius 3 is 2.90 bits per heavy atom. The van der Waals surface area contributed by atoms with Crippen molar-refractivity contribution in [3.63, 3.8) is 0 Å². The molecule has 0 aromatic carbocycles. The third-order valence-corrected chi connectivity index (χ3v) is 1.61. The average molecular weight is 159 g/mol. The van der Waals surface area contributed by atoms with E-state index in [2.05, 4.69) is 0 Å². The molecule has 0 unspecified atom stereocenters. The first-order valence-corrected chi connectivity index (χ1v) is 3.37. The number of hydrogen-bond acceptors (Lipinski definition) is 1. The Hall–Kier alpha value is -0.600. The second kappa shape index (κ2) is 2.99. The van der Waals surface area contributed by atoms with Gasteiger partial charge in [-0.2, -0.15) is 0 Å². The van der Waals surface area contributed by atoms with Crippen LogP contribution in [0.1, 0.15) is 5.69 Å². The Morgan fingerprint density at radius 1 is 1.70 bits per heavy atom. The van der Waals surface area contributed by atoms with Gasteiger partial charge in [0, 0.05) is 12.1 Å². The lowest BCUT2D eigenvalue weighted by Crippen LogP contribution is -2.32. The summed E-state index contributed by atoms with van der Waals surface area (Å²) < 4.78 is 1.83. The molecule has 1 aromatic heterocycles. The minimum Gasteiger partial charge on any atom is -0.385 e. The van der Waals surface area contributed by atoms with Crippen LogP contribution >= 0.6 is 11.6 Å². The number of halogens is 1. The lowest BCUT2D eigenvalue weighted by atomic mass is 10.3. The fourth-order valence-corrected chi connectivity index (χ4v) is 0.927. The summed E-state index contributed by atoms with van der Waals surface area (Å²) in [6.07, 6.45) is 1.81. The molecule has 1 aromatic rings. The van der Waals surface area contributed by atoms with Crippen molar-refractivity contribution in [1.29, 1.82) is 0 Å². The summed E-state index contributed by atoms with van der Waals surface area (Å²) in [5, 5.41) is 9.42.